The maximum absolute atomic E-state index is 12.7. The Morgan fingerprint density at radius 1 is 1.16 bits per heavy atom. The van der Waals surface area contributed by atoms with Crippen LogP contribution in [0.1, 0.15) is 43.5 Å². The van der Waals surface area contributed by atoms with Crippen molar-refractivity contribution in [1.29, 1.82) is 0 Å². The number of hydrogen-bond donors (Lipinski definition) is 1. The molecule has 0 radical (unpaired) electrons. The van der Waals surface area contributed by atoms with Gasteiger partial charge in [0.25, 0.3) is 0 Å². The van der Waals surface area contributed by atoms with Crippen LogP contribution >= 0.6 is 0 Å². The second kappa shape index (κ2) is 7.67. The van der Waals surface area contributed by atoms with Crippen LogP contribution in [0.3, 0.4) is 0 Å². The minimum Gasteiger partial charge on any atom is -0.356 e. The summed E-state index contributed by atoms with van der Waals surface area (Å²) < 4.78 is 12.7. The van der Waals surface area contributed by atoms with Crippen LogP contribution in [0.4, 0.5) is 4.39 Å². The third-order valence-electron chi connectivity index (χ3n) is 2.79. The number of carbonyl (C=O) groups excluding carboxylic acids is 2. The van der Waals surface area contributed by atoms with E-state index in [4.69, 9.17) is 0 Å². The molecule has 0 spiro atoms. The van der Waals surface area contributed by atoms with Crippen molar-refractivity contribution in [2.24, 2.45) is 5.92 Å². The quantitative estimate of drug-likeness (QED) is 0.770. The molecule has 104 valence electrons. The Bertz CT molecular complexity index is 426. The summed E-state index contributed by atoms with van der Waals surface area (Å²) in [7, 11) is 0. The van der Waals surface area contributed by atoms with Crippen LogP contribution in [0, 0.1) is 11.7 Å². The van der Waals surface area contributed by atoms with Crippen molar-refractivity contribution >= 4 is 11.7 Å². The van der Waals surface area contributed by atoms with E-state index in [1.165, 1.54) is 24.3 Å². The zero-order valence-electron chi connectivity index (χ0n) is 11.4. The first-order valence-corrected chi connectivity index (χ1v) is 6.54. The molecule has 0 fully saturated rings. The highest BCUT2D eigenvalue weighted by molar-refractivity contribution is 5.97. The molecule has 0 heterocycles. The van der Waals surface area contributed by atoms with Gasteiger partial charge in [-0.05, 0) is 36.6 Å². The molecule has 0 atom stereocenters. The molecule has 1 aromatic carbocycles. The van der Waals surface area contributed by atoms with Crippen LogP contribution in [-0.2, 0) is 4.79 Å². The molecule has 0 aliphatic rings. The van der Waals surface area contributed by atoms with Crippen LogP contribution in [0.2, 0.25) is 0 Å². The van der Waals surface area contributed by atoms with Crippen LogP contribution in [0.25, 0.3) is 0 Å². The predicted molar refractivity (Wildman–Crippen MR) is 72.4 cm³/mol. The van der Waals surface area contributed by atoms with E-state index in [1.54, 1.807) is 0 Å². The first kappa shape index (κ1) is 15.3. The number of hydrogen-bond acceptors (Lipinski definition) is 2. The van der Waals surface area contributed by atoms with Gasteiger partial charge in [0.2, 0.25) is 5.91 Å². The molecule has 0 unspecified atom stereocenters. The third-order valence-corrected chi connectivity index (χ3v) is 2.79. The lowest BCUT2D eigenvalue weighted by Crippen LogP contribution is -2.25. The van der Waals surface area contributed by atoms with Crippen molar-refractivity contribution in [3.63, 3.8) is 0 Å². The average Bonchev–Trinajstić information content (AvgIpc) is 2.36. The molecular formula is C15H20FNO2. The lowest BCUT2D eigenvalue weighted by molar-refractivity contribution is -0.121. The maximum atomic E-state index is 12.7. The number of ketones is 1. The molecule has 1 aromatic rings. The topological polar surface area (TPSA) is 46.2 Å². The van der Waals surface area contributed by atoms with Gasteiger partial charge in [-0.2, -0.15) is 0 Å². The minimum absolute atomic E-state index is 0.115. The molecule has 0 saturated carbocycles. The third kappa shape index (κ3) is 6.13. The smallest absolute Gasteiger partial charge is 0.220 e. The number of nitrogens with one attached hydrogen (secondary N) is 1. The summed E-state index contributed by atoms with van der Waals surface area (Å²) >= 11 is 0. The van der Waals surface area contributed by atoms with E-state index in [1.807, 2.05) is 0 Å². The van der Waals surface area contributed by atoms with Crippen molar-refractivity contribution in [2.75, 3.05) is 6.54 Å². The van der Waals surface area contributed by atoms with Gasteiger partial charge in [-0.1, -0.05) is 13.8 Å². The van der Waals surface area contributed by atoms with Crippen LogP contribution < -0.4 is 5.32 Å². The molecule has 1 amide bonds. The van der Waals surface area contributed by atoms with Crippen molar-refractivity contribution in [3.8, 4) is 0 Å². The largest absolute Gasteiger partial charge is 0.356 e. The van der Waals surface area contributed by atoms with Gasteiger partial charge in [-0.3, -0.25) is 9.59 Å². The van der Waals surface area contributed by atoms with Crippen molar-refractivity contribution in [2.45, 2.75) is 33.1 Å². The number of rotatable bonds is 7. The monoisotopic (exact) mass is 265 g/mol. The molecule has 4 heteroatoms. The fourth-order valence-electron chi connectivity index (χ4n) is 1.60. The van der Waals surface area contributed by atoms with E-state index in [2.05, 4.69) is 19.2 Å². The van der Waals surface area contributed by atoms with E-state index in [0.717, 1.165) is 6.42 Å². The molecule has 0 aromatic heterocycles. The zero-order valence-corrected chi connectivity index (χ0v) is 11.4. The van der Waals surface area contributed by atoms with Gasteiger partial charge in [0, 0.05) is 24.9 Å². The van der Waals surface area contributed by atoms with Crippen molar-refractivity contribution in [3.05, 3.63) is 35.6 Å². The van der Waals surface area contributed by atoms with Gasteiger partial charge in [-0.15, -0.1) is 0 Å². The number of Topliss-reactive ketones (excluding diaryl/α,β-unsaturated/α-hetero) is 1. The van der Waals surface area contributed by atoms with Gasteiger partial charge in [0.1, 0.15) is 5.82 Å². The summed E-state index contributed by atoms with van der Waals surface area (Å²) in [6, 6.07) is 5.37. The molecule has 0 saturated heterocycles. The first-order chi connectivity index (χ1) is 8.99. The van der Waals surface area contributed by atoms with Crippen LogP contribution in [0.15, 0.2) is 24.3 Å². The fourth-order valence-corrected chi connectivity index (χ4v) is 1.60. The molecule has 1 N–H and O–H groups in total. The molecule has 0 aliphatic heterocycles. The summed E-state index contributed by atoms with van der Waals surface area (Å²) in [6.45, 7) is 4.82. The SMILES string of the molecule is CC(C)CCNC(=O)CCC(=O)c1ccc(F)cc1. The van der Waals surface area contributed by atoms with Crippen LogP contribution in [-0.4, -0.2) is 18.2 Å². The second-order valence-electron chi connectivity index (χ2n) is 4.96. The van der Waals surface area contributed by atoms with Gasteiger partial charge < -0.3 is 5.32 Å². The zero-order chi connectivity index (χ0) is 14.3. The molecule has 1 rings (SSSR count). The van der Waals surface area contributed by atoms with Gasteiger partial charge in [-0.25, -0.2) is 4.39 Å². The lowest BCUT2D eigenvalue weighted by Gasteiger charge is -2.06. The Balaban J connectivity index is 2.30. The average molecular weight is 265 g/mol. The number of halogens is 1. The Kier molecular flexibility index (Phi) is 6.19. The van der Waals surface area contributed by atoms with E-state index in [0.29, 0.717) is 18.0 Å². The second-order valence-corrected chi connectivity index (χ2v) is 4.96. The van der Waals surface area contributed by atoms with Gasteiger partial charge in [0.15, 0.2) is 5.78 Å². The molecular weight excluding hydrogens is 245 g/mol. The van der Waals surface area contributed by atoms with Crippen molar-refractivity contribution < 1.29 is 14.0 Å². The molecule has 3 nitrogen and oxygen atoms in total. The normalized spacial score (nSPS) is 10.5. The molecule has 19 heavy (non-hydrogen) atoms. The van der Waals surface area contributed by atoms with Crippen molar-refractivity contribution in [1.82, 2.24) is 5.32 Å². The summed E-state index contributed by atoms with van der Waals surface area (Å²) in [6.07, 6.45) is 1.26. The highest BCUT2D eigenvalue weighted by Crippen LogP contribution is 2.07. The first-order valence-electron chi connectivity index (χ1n) is 6.54. The van der Waals surface area contributed by atoms with Crippen LogP contribution in [0.5, 0.6) is 0 Å². The van der Waals surface area contributed by atoms with E-state index in [-0.39, 0.29) is 30.3 Å². The highest BCUT2D eigenvalue weighted by atomic mass is 19.1. The molecule has 0 bridgehead atoms. The number of amides is 1. The number of carbonyl (C=O) groups is 2. The summed E-state index contributed by atoms with van der Waals surface area (Å²) in [4.78, 5) is 23.2. The summed E-state index contributed by atoms with van der Waals surface area (Å²) in [5.41, 5.74) is 0.441. The lowest BCUT2D eigenvalue weighted by atomic mass is 10.1. The highest BCUT2D eigenvalue weighted by Gasteiger charge is 2.09. The Hall–Kier alpha value is -1.71. The predicted octanol–water partition coefficient (Wildman–Crippen LogP) is 2.95. The Morgan fingerprint density at radius 3 is 2.37 bits per heavy atom. The van der Waals surface area contributed by atoms with E-state index < -0.39 is 0 Å². The van der Waals surface area contributed by atoms with E-state index in [9.17, 15) is 14.0 Å². The summed E-state index contributed by atoms with van der Waals surface area (Å²) in [5, 5.41) is 2.78. The summed E-state index contributed by atoms with van der Waals surface area (Å²) in [5.74, 6) is -0.0840. The standard InChI is InChI=1S/C15H20FNO2/c1-11(2)9-10-17-15(19)8-7-14(18)12-3-5-13(16)6-4-12/h3-6,11H,7-10H2,1-2H3,(H,17,19). The minimum atomic E-state index is -0.372. The van der Waals surface area contributed by atoms with Gasteiger partial charge in [0.05, 0.1) is 0 Å². The fraction of sp³-hybridized carbons (Fsp3) is 0.467. The maximum Gasteiger partial charge on any atom is 0.220 e. The molecule has 0 aliphatic carbocycles. The van der Waals surface area contributed by atoms with Gasteiger partial charge >= 0.3 is 0 Å². The Labute approximate surface area is 113 Å². The Morgan fingerprint density at radius 2 is 1.79 bits per heavy atom. The van der Waals surface area contributed by atoms with E-state index >= 15 is 0 Å². The number of benzene rings is 1.